The summed E-state index contributed by atoms with van der Waals surface area (Å²) in [5, 5.41) is 8.10. The maximum atomic E-state index is 5.74. The molecule has 2 aromatic heterocycles. The first-order valence-corrected chi connectivity index (χ1v) is 7.34. The van der Waals surface area contributed by atoms with Crippen molar-refractivity contribution < 1.29 is 13.6 Å². The van der Waals surface area contributed by atoms with Crippen LogP contribution in [0, 0.1) is 18.3 Å². The summed E-state index contributed by atoms with van der Waals surface area (Å²) in [6.45, 7) is 6.42. The quantitative estimate of drug-likeness (QED) is 0.853. The number of aromatic nitrogens is 2. The van der Waals surface area contributed by atoms with E-state index in [1.165, 1.54) is 5.56 Å². The van der Waals surface area contributed by atoms with Gasteiger partial charge in [-0.1, -0.05) is 0 Å². The van der Waals surface area contributed by atoms with Gasteiger partial charge in [0.2, 0.25) is 11.8 Å². The Balaban J connectivity index is 1.50. The smallest absolute Gasteiger partial charge is 0.217 e. The molecule has 112 valence electrons. The Morgan fingerprint density at radius 1 is 1.43 bits per heavy atom. The summed E-state index contributed by atoms with van der Waals surface area (Å²) < 4.78 is 16.5. The zero-order valence-electron chi connectivity index (χ0n) is 12.1. The fourth-order valence-corrected chi connectivity index (χ4v) is 3.66. The number of likely N-dealkylation sites (tertiary alicyclic amines) is 1. The molecule has 0 aliphatic carbocycles. The van der Waals surface area contributed by atoms with Gasteiger partial charge in [-0.05, 0) is 6.07 Å². The summed E-state index contributed by atoms with van der Waals surface area (Å²) in [5.41, 5.74) is 1.34. The second kappa shape index (κ2) is 4.96. The minimum atomic E-state index is 0.114. The molecule has 2 saturated heterocycles. The molecule has 2 aromatic rings. The van der Waals surface area contributed by atoms with Gasteiger partial charge in [0.25, 0.3) is 0 Å². The van der Waals surface area contributed by atoms with Crippen LogP contribution in [-0.4, -0.2) is 41.4 Å². The number of nitrogens with zero attached hydrogens (tertiary/aromatic N) is 3. The third kappa shape index (κ3) is 2.38. The van der Waals surface area contributed by atoms with Crippen LogP contribution in [0.1, 0.15) is 17.3 Å². The zero-order chi connectivity index (χ0) is 14.3. The minimum Gasteiger partial charge on any atom is -0.472 e. The highest BCUT2D eigenvalue weighted by molar-refractivity contribution is 5.09. The van der Waals surface area contributed by atoms with Crippen molar-refractivity contribution in [2.75, 3.05) is 26.3 Å². The summed E-state index contributed by atoms with van der Waals surface area (Å²) in [5.74, 6) is 1.90. The summed E-state index contributed by atoms with van der Waals surface area (Å²) in [6, 6.07) is 2.03. The van der Waals surface area contributed by atoms with Crippen molar-refractivity contribution in [2.45, 2.75) is 19.9 Å². The second-order valence-corrected chi connectivity index (χ2v) is 6.27. The molecule has 21 heavy (non-hydrogen) atoms. The highest BCUT2D eigenvalue weighted by atomic mass is 16.5. The molecule has 2 aliphatic rings. The lowest BCUT2D eigenvalue weighted by Gasteiger charge is -2.25. The Morgan fingerprint density at radius 3 is 3.14 bits per heavy atom. The Kier molecular flexibility index (Phi) is 3.08. The summed E-state index contributed by atoms with van der Waals surface area (Å²) >= 11 is 0. The van der Waals surface area contributed by atoms with Crippen LogP contribution in [-0.2, 0) is 17.7 Å². The number of aryl methyl sites for hydroxylation is 1. The molecule has 2 atom stereocenters. The van der Waals surface area contributed by atoms with E-state index in [4.69, 9.17) is 13.6 Å². The van der Waals surface area contributed by atoms with E-state index in [1.807, 2.05) is 19.3 Å². The maximum absolute atomic E-state index is 5.74. The van der Waals surface area contributed by atoms with Crippen LogP contribution in [0.15, 0.2) is 27.4 Å². The van der Waals surface area contributed by atoms with E-state index >= 15 is 0 Å². The molecule has 6 heteroatoms. The highest BCUT2D eigenvalue weighted by Gasteiger charge is 2.51. The summed E-state index contributed by atoms with van der Waals surface area (Å²) in [7, 11) is 0. The van der Waals surface area contributed by atoms with Crippen molar-refractivity contribution in [1.29, 1.82) is 0 Å². The lowest BCUT2D eigenvalue weighted by atomic mass is 9.78. The first-order chi connectivity index (χ1) is 10.2. The van der Waals surface area contributed by atoms with E-state index in [-0.39, 0.29) is 5.41 Å². The van der Waals surface area contributed by atoms with Crippen LogP contribution in [0.4, 0.5) is 0 Å². The minimum absolute atomic E-state index is 0.114. The predicted molar refractivity (Wildman–Crippen MR) is 73.5 cm³/mol. The molecular formula is C15H19N3O3. The van der Waals surface area contributed by atoms with Crippen LogP contribution in [0.25, 0.3) is 0 Å². The number of ether oxygens (including phenoxy) is 1. The molecule has 6 nitrogen and oxygen atoms in total. The van der Waals surface area contributed by atoms with Gasteiger partial charge in [-0.3, -0.25) is 4.90 Å². The molecule has 0 unspecified atom stereocenters. The third-order valence-corrected chi connectivity index (χ3v) is 4.65. The Labute approximate surface area is 123 Å². The van der Waals surface area contributed by atoms with E-state index in [0.717, 1.165) is 45.2 Å². The van der Waals surface area contributed by atoms with Crippen LogP contribution in [0.2, 0.25) is 0 Å². The molecule has 0 aromatic carbocycles. The molecule has 2 aliphatic heterocycles. The molecule has 0 spiro atoms. The first-order valence-electron chi connectivity index (χ1n) is 7.34. The van der Waals surface area contributed by atoms with Crippen molar-refractivity contribution in [3.05, 3.63) is 35.9 Å². The molecule has 4 heterocycles. The lowest BCUT2D eigenvalue weighted by Crippen LogP contribution is -2.33. The SMILES string of the molecule is Cc1nnc(C[C@@]23COC[C@@H]2CN(Cc2ccoc2)C3)o1. The van der Waals surface area contributed by atoms with E-state index in [0.29, 0.717) is 11.8 Å². The molecule has 2 fully saturated rings. The molecule has 0 saturated carbocycles. The maximum Gasteiger partial charge on any atom is 0.217 e. The van der Waals surface area contributed by atoms with Crippen molar-refractivity contribution in [1.82, 2.24) is 15.1 Å². The molecule has 0 radical (unpaired) electrons. The van der Waals surface area contributed by atoms with Gasteiger partial charge in [0.05, 0.1) is 25.7 Å². The third-order valence-electron chi connectivity index (χ3n) is 4.65. The Hall–Kier alpha value is -1.66. The lowest BCUT2D eigenvalue weighted by molar-refractivity contribution is 0.123. The van der Waals surface area contributed by atoms with Crippen molar-refractivity contribution in [3.8, 4) is 0 Å². The van der Waals surface area contributed by atoms with Crippen LogP contribution < -0.4 is 0 Å². The molecule has 0 N–H and O–H groups in total. The molecule has 0 amide bonds. The van der Waals surface area contributed by atoms with E-state index < -0.39 is 0 Å². The van der Waals surface area contributed by atoms with Gasteiger partial charge in [0.1, 0.15) is 0 Å². The van der Waals surface area contributed by atoms with Crippen molar-refractivity contribution in [3.63, 3.8) is 0 Å². The van der Waals surface area contributed by atoms with Gasteiger partial charge in [-0.15, -0.1) is 10.2 Å². The summed E-state index contributed by atoms with van der Waals surface area (Å²) in [4.78, 5) is 2.47. The fourth-order valence-electron chi connectivity index (χ4n) is 3.66. The normalized spacial score (nSPS) is 29.1. The second-order valence-electron chi connectivity index (χ2n) is 6.27. The topological polar surface area (TPSA) is 64.5 Å². The van der Waals surface area contributed by atoms with Gasteiger partial charge < -0.3 is 13.6 Å². The Morgan fingerprint density at radius 2 is 2.38 bits per heavy atom. The van der Waals surface area contributed by atoms with Gasteiger partial charge in [0, 0.05) is 49.9 Å². The number of furan rings is 1. The van der Waals surface area contributed by atoms with E-state index in [9.17, 15) is 0 Å². The van der Waals surface area contributed by atoms with Gasteiger partial charge in [-0.2, -0.15) is 0 Å². The van der Waals surface area contributed by atoms with Crippen molar-refractivity contribution >= 4 is 0 Å². The highest BCUT2D eigenvalue weighted by Crippen LogP contribution is 2.44. The predicted octanol–water partition coefficient (Wildman–Crippen LogP) is 1.66. The monoisotopic (exact) mass is 289 g/mol. The first kappa shape index (κ1) is 13.0. The number of hydrogen-bond acceptors (Lipinski definition) is 6. The summed E-state index contributed by atoms with van der Waals surface area (Å²) in [6.07, 6.45) is 4.35. The molecular weight excluding hydrogens is 270 g/mol. The van der Waals surface area contributed by atoms with Crippen LogP contribution in [0.3, 0.4) is 0 Å². The average Bonchev–Trinajstić information content (AvgIpc) is 3.16. The fraction of sp³-hybridized carbons (Fsp3) is 0.600. The van der Waals surface area contributed by atoms with Crippen molar-refractivity contribution in [2.24, 2.45) is 11.3 Å². The molecule has 4 rings (SSSR count). The number of hydrogen-bond donors (Lipinski definition) is 0. The largest absolute Gasteiger partial charge is 0.472 e. The van der Waals surface area contributed by atoms with Gasteiger partial charge >= 0.3 is 0 Å². The average molecular weight is 289 g/mol. The standard InChI is InChI=1S/C15H19N3O3/c1-11-16-17-14(21-11)4-15-9-18(5-12-2-3-19-7-12)6-13(15)8-20-10-15/h2-3,7,13H,4-6,8-10H2,1H3/t13-,15+/m0/s1. The number of fused-ring (bicyclic) bond motifs is 1. The number of rotatable bonds is 4. The van der Waals surface area contributed by atoms with E-state index in [1.54, 1.807) is 6.26 Å². The van der Waals surface area contributed by atoms with Crippen LogP contribution >= 0.6 is 0 Å². The Bertz CT molecular complexity index is 609. The zero-order valence-corrected chi connectivity index (χ0v) is 12.1. The van der Waals surface area contributed by atoms with Gasteiger partial charge in [-0.25, -0.2) is 0 Å². The van der Waals surface area contributed by atoms with Gasteiger partial charge in [0.15, 0.2) is 0 Å². The molecule has 0 bridgehead atoms. The van der Waals surface area contributed by atoms with Crippen LogP contribution in [0.5, 0.6) is 0 Å². The van der Waals surface area contributed by atoms with E-state index in [2.05, 4.69) is 15.1 Å².